The van der Waals surface area contributed by atoms with Crippen molar-refractivity contribution in [2.24, 2.45) is 35.3 Å². The van der Waals surface area contributed by atoms with Crippen molar-refractivity contribution >= 4 is 41.1 Å². The Balaban J connectivity index is 1.44. The van der Waals surface area contributed by atoms with Crippen LogP contribution in [0.5, 0.6) is 5.75 Å². The van der Waals surface area contributed by atoms with Gasteiger partial charge in [0.05, 0.1) is 31.1 Å². The zero-order valence-corrected chi connectivity index (χ0v) is 34.4. The second-order valence-electron chi connectivity index (χ2n) is 16.9. The number of nitrogens with two attached hydrogens (primary N) is 1. The quantitative estimate of drug-likeness (QED) is 0.0689. The van der Waals surface area contributed by atoms with E-state index in [2.05, 4.69) is 32.7 Å². The van der Waals surface area contributed by atoms with Crippen molar-refractivity contribution in [3.63, 3.8) is 0 Å². The monoisotopic (exact) mass is 812 g/mol. The van der Waals surface area contributed by atoms with Gasteiger partial charge in [0.2, 0.25) is 29.5 Å². The highest BCUT2D eigenvalue weighted by Gasteiger charge is 2.41. The van der Waals surface area contributed by atoms with Crippen molar-refractivity contribution in [3.8, 4) is 5.75 Å². The van der Waals surface area contributed by atoms with Gasteiger partial charge in [-0.2, -0.15) is 0 Å². The van der Waals surface area contributed by atoms with Crippen molar-refractivity contribution in [2.75, 3.05) is 13.1 Å². The fourth-order valence-electron chi connectivity index (χ4n) is 9.36. The number of hydrogen-bond donors (Lipinski definition) is 8. The average molecular weight is 812 g/mol. The van der Waals surface area contributed by atoms with Gasteiger partial charge < -0.3 is 43.6 Å². The number of ketones is 2. The van der Waals surface area contributed by atoms with E-state index in [1.165, 1.54) is 19.1 Å². The maximum absolute atomic E-state index is 14.2. The summed E-state index contributed by atoms with van der Waals surface area (Å²) in [4.78, 5) is 93.1. The number of phenols is 1. The van der Waals surface area contributed by atoms with Gasteiger partial charge in [0, 0.05) is 37.6 Å². The number of primary amides is 1. The van der Waals surface area contributed by atoms with Crippen LogP contribution in [0.1, 0.15) is 122 Å². The third-order valence-corrected chi connectivity index (χ3v) is 12.6. The van der Waals surface area contributed by atoms with E-state index in [-0.39, 0.29) is 78.1 Å². The van der Waals surface area contributed by atoms with Crippen molar-refractivity contribution < 1.29 is 50.1 Å². The van der Waals surface area contributed by atoms with E-state index >= 15 is 0 Å². The van der Waals surface area contributed by atoms with Gasteiger partial charge in [-0.1, -0.05) is 31.4 Å². The summed E-state index contributed by atoms with van der Waals surface area (Å²) < 4.78 is 0. The summed E-state index contributed by atoms with van der Waals surface area (Å²) in [7, 11) is 0. The number of amides is 5. The largest absolute Gasteiger partial charge is 0.508 e. The van der Waals surface area contributed by atoms with Crippen LogP contribution < -0.4 is 38.5 Å². The van der Waals surface area contributed by atoms with Gasteiger partial charge in [-0.05, 0) is 113 Å². The Kier molecular flexibility index (Phi) is 18.6. The Bertz CT molecular complexity index is 1570. The minimum Gasteiger partial charge on any atom is -0.508 e. The minimum atomic E-state index is -0.906. The van der Waals surface area contributed by atoms with Gasteiger partial charge in [-0.25, -0.2) is 0 Å². The summed E-state index contributed by atoms with van der Waals surface area (Å²) in [5.41, 5.74) is 14.1. The molecule has 4 rings (SSSR count). The molecule has 1 aromatic rings. The topological polar surface area (TPSA) is 269 Å². The fraction of sp³-hybridized carbons (Fsp3) is 0.698. The molecule has 0 radical (unpaired) electrons. The number of hydrogen-bond acceptors (Lipinski definition) is 8. The van der Waals surface area contributed by atoms with Crippen molar-refractivity contribution in [2.45, 2.75) is 147 Å². The number of carbonyl (C=O) groups excluding carboxylic acids is 7. The number of nitrogens with one attached hydrogen (secondary N) is 4. The van der Waals surface area contributed by atoms with E-state index in [1.807, 2.05) is 0 Å². The Morgan fingerprint density at radius 3 is 1.66 bits per heavy atom. The number of rotatable bonds is 24. The van der Waals surface area contributed by atoms with Gasteiger partial charge in [0.25, 0.3) is 0 Å². The maximum atomic E-state index is 14.2. The van der Waals surface area contributed by atoms with Crippen LogP contribution in [0.4, 0.5) is 0 Å². The van der Waals surface area contributed by atoms with Gasteiger partial charge >= 0.3 is 0 Å². The summed E-state index contributed by atoms with van der Waals surface area (Å²) in [6.45, 7) is 2.86. The highest BCUT2D eigenvalue weighted by atomic mass is 16.3. The predicted molar refractivity (Wildman–Crippen MR) is 216 cm³/mol. The molecule has 0 saturated heterocycles. The molecule has 15 nitrogen and oxygen atoms in total. The Morgan fingerprint density at radius 1 is 0.655 bits per heavy atom. The lowest BCUT2D eigenvalue weighted by molar-refractivity contribution is -0.368. The lowest BCUT2D eigenvalue weighted by Gasteiger charge is -2.27. The van der Waals surface area contributed by atoms with Gasteiger partial charge in [0.1, 0.15) is 11.8 Å². The van der Waals surface area contributed by atoms with E-state index in [1.54, 1.807) is 12.1 Å². The molecule has 0 spiro atoms. The molecule has 322 valence electrons. The number of carbonyl (C=O) groups is 7. The van der Waals surface area contributed by atoms with Crippen molar-refractivity contribution in [3.05, 3.63) is 29.8 Å². The number of unbranched alkanes of at least 4 members (excludes halogenated alkanes) is 2. The molecule has 3 saturated carbocycles. The number of benzene rings is 1. The third-order valence-electron chi connectivity index (χ3n) is 12.6. The summed E-state index contributed by atoms with van der Waals surface area (Å²) in [6, 6.07) is 3.79. The van der Waals surface area contributed by atoms with Crippen LogP contribution >= 0.6 is 0 Å². The van der Waals surface area contributed by atoms with Crippen LogP contribution in [0.2, 0.25) is 0 Å². The fourth-order valence-corrected chi connectivity index (χ4v) is 9.36. The van der Waals surface area contributed by atoms with E-state index in [4.69, 9.17) is 5.73 Å². The molecule has 6 unspecified atom stereocenters. The number of Topliss-reactive ketones (excluding diaryl/α,β-unsaturated/α-hetero) is 2. The number of quaternary nitrogens is 2. The van der Waals surface area contributed by atoms with Gasteiger partial charge in [-0.3, -0.25) is 33.6 Å². The molecule has 0 heterocycles. The molecule has 3 fully saturated rings. The molecule has 0 aliphatic heterocycles. The number of phenolic OH excluding ortho intramolecular Hbond substituents is 1. The van der Waals surface area contributed by atoms with Crippen molar-refractivity contribution in [1.82, 2.24) is 21.3 Å². The second kappa shape index (κ2) is 23.3. The minimum absolute atomic E-state index is 0.0644. The first-order valence-electron chi connectivity index (χ1n) is 21.7. The van der Waals surface area contributed by atoms with Crippen LogP contribution in [0.25, 0.3) is 0 Å². The maximum Gasteiger partial charge on any atom is 0.239 e. The lowest BCUT2D eigenvalue weighted by atomic mass is 9.85. The molecule has 58 heavy (non-hydrogen) atoms. The molecule has 3 aliphatic rings. The van der Waals surface area contributed by atoms with Crippen molar-refractivity contribution in [1.29, 1.82) is 0 Å². The molecule has 0 aromatic heterocycles. The molecule has 13 N–H and O–H groups in total. The second-order valence-corrected chi connectivity index (χ2v) is 16.9. The average Bonchev–Trinajstić information content (AvgIpc) is 3.96. The predicted octanol–water partition coefficient (Wildman–Crippen LogP) is 0.755. The smallest absolute Gasteiger partial charge is 0.239 e. The van der Waals surface area contributed by atoms with Crippen LogP contribution in [0.3, 0.4) is 0 Å². The Labute approximate surface area is 342 Å². The zero-order valence-electron chi connectivity index (χ0n) is 34.4. The molecular formula is C43H69N7O8+2. The van der Waals surface area contributed by atoms with Crippen LogP contribution in [0, 0.1) is 29.6 Å². The molecule has 15 heteroatoms. The summed E-state index contributed by atoms with van der Waals surface area (Å²) in [5.74, 6) is -3.80. The molecule has 9 atom stereocenters. The first-order chi connectivity index (χ1) is 27.8. The molecule has 5 amide bonds. The first-order valence-corrected chi connectivity index (χ1v) is 21.7. The van der Waals surface area contributed by atoms with Crippen LogP contribution in [0.15, 0.2) is 24.3 Å². The zero-order chi connectivity index (χ0) is 42.2. The number of aromatic hydroxyl groups is 1. The molecule has 3 aliphatic carbocycles. The summed E-state index contributed by atoms with van der Waals surface area (Å²) >= 11 is 0. The molecule has 0 bridgehead atoms. The van der Waals surface area contributed by atoms with E-state index < -0.39 is 41.8 Å². The molecule has 1 aromatic carbocycles. The summed E-state index contributed by atoms with van der Waals surface area (Å²) in [6.07, 6.45) is 10.4. The molecular weight excluding hydrogens is 743 g/mol. The SMILES string of the molecule is CC(=O)NC1CCCC1C(=O)N[C@@H](CCCC[NH3+])C(=O)CC1CCCC1C(=O)N[C@@H](Cc1ccc(O)cc1)C(=O)CC1CCCC1C(=O)N[C@@H](CCCC[NH3+])C(N)=O. The standard InChI is InChI=1S/C43H67N7O8/c1-26(51)47-34-16-8-13-33(34)43(58)48-35(14-2-4-21-44)38(53)24-28-9-6-12-32(28)42(57)50-37(23-27-17-19-30(52)20-18-27)39(54)25-29-10-7-11-31(29)41(56)49-36(40(46)55)15-3-5-22-45/h17-20,28-29,31-37,52H,2-16,21-25,44-45H2,1H3,(H2,46,55)(H,47,51)(H,48,58)(H,49,56)(H,50,57)/p+2/t28?,29?,31?,32?,33?,34?,35-,36-,37-/m0/s1. The summed E-state index contributed by atoms with van der Waals surface area (Å²) in [5, 5.41) is 21.7. The van der Waals surface area contributed by atoms with Gasteiger partial charge in [0.15, 0.2) is 11.6 Å². The van der Waals surface area contributed by atoms with Gasteiger partial charge in [-0.15, -0.1) is 0 Å². The Hall–Kier alpha value is -4.37. The third kappa shape index (κ3) is 13.9. The van der Waals surface area contributed by atoms with E-state index in [0.29, 0.717) is 70.8 Å². The lowest BCUT2D eigenvalue weighted by Crippen LogP contribution is -2.51. The van der Waals surface area contributed by atoms with Crippen LogP contribution in [-0.4, -0.2) is 83.5 Å². The normalized spacial score (nSPS) is 24.3. The van der Waals surface area contributed by atoms with E-state index in [0.717, 1.165) is 44.2 Å². The Morgan fingerprint density at radius 2 is 1.12 bits per heavy atom. The highest BCUT2D eigenvalue weighted by molar-refractivity contribution is 5.93. The van der Waals surface area contributed by atoms with E-state index in [9.17, 15) is 38.7 Å². The van der Waals surface area contributed by atoms with Crippen LogP contribution in [-0.2, 0) is 40.0 Å². The highest BCUT2D eigenvalue weighted by Crippen LogP contribution is 2.37. The first kappa shape index (κ1) is 46.3.